The van der Waals surface area contributed by atoms with Crippen LogP contribution in [0, 0.1) is 5.92 Å². The van der Waals surface area contributed by atoms with Crippen LogP contribution < -0.4 is 0 Å². The summed E-state index contributed by atoms with van der Waals surface area (Å²) < 4.78 is 5.16. The summed E-state index contributed by atoms with van der Waals surface area (Å²) in [5.41, 5.74) is 0. The van der Waals surface area contributed by atoms with E-state index >= 15 is 0 Å². The van der Waals surface area contributed by atoms with E-state index in [4.69, 9.17) is 14.9 Å². The monoisotopic (exact) mass is 293 g/mol. The van der Waals surface area contributed by atoms with E-state index in [1.165, 1.54) is 5.82 Å². The zero-order valence-corrected chi connectivity index (χ0v) is 11.3. The summed E-state index contributed by atoms with van der Waals surface area (Å²) in [6.07, 6.45) is 0.604. The Bertz CT molecular complexity index is 369. The Kier molecular flexibility index (Phi) is 5.72. The van der Waals surface area contributed by atoms with Crippen LogP contribution in [0.25, 0.3) is 0 Å². The quantitative estimate of drug-likeness (QED) is 0.517. The lowest BCUT2D eigenvalue weighted by atomic mass is 10.1. The zero-order chi connectivity index (χ0) is 14.5. The fourth-order valence-corrected chi connectivity index (χ4v) is 3.58. The Hall–Kier alpha value is -1.17. The van der Waals surface area contributed by atoms with Gasteiger partial charge in [0.15, 0.2) is 5.82 Å². The average molecular weight is 293 g/mol. The minimum absolute atomic E-state index is 0.127. The van der Waals surface area contributed by atoms with Crippen molar-refractivity contribution in [1.29, 1.82) is 0 Å². The molecule has 0 radical (unpaired) electrons. The molecular weight excluding hydrogens is 275 g/mol. The Morgan fingerprint density at radius 3 is 2.53 bits per heavy atom. The van der Waals surface area contributed by atoms with Gasteiger partial charge in [0.2, 0.25) is 0 Å². The first-order chi connectivity index (χ1) is 8.80. The largest absolute Gasteiger partial charge is 0.494 e. The molecule has 1 unspecified atom stereocenters. The lowest BCUT2D eigenvalue weighted by Crippen LogP contribution is -2.20. The van der Waals surface area contributed by atoms with Crippen LogP contribution in [0.15, 0.2) is 11.6 Å². The molecule has 1 saturated heterocycles. The molecule has 8 heteroatoms. The van der Waals surface area contributed by atoms with Gasteiger partial charge in [-0.3, -0.25) is 9.59 Å². The van der Waals surface area contributed by atoms with E-state index in [1.54, 1.807) is 0 Å². The van der Waals surface area contributed by atoms with Crippen LogP contribution in [-0.4, -0.2) is 44.7 Å². The van der Waals surface area contributed by atoms with Crippen molar-refractivity contribution in [3.8, 4) is 0 Å². The summed E-state index contributed by atoms with van der Waals surface area (Å²) in [6, 6.07) is 0. The van der Waals surface area contributed by atoms with E-state index in [-0.39, 0.29) is 19.0 Å². The van der Waals surface area contributed by atoms with Gasteiger partial charge in [0.25, 0.3) is 7.72 Å². The highest BCUT2D eigenvalue weighted by Gasteiger charge is 2.39. The van der Waals surface area contributed by atoms with Gasteiger partial charge in [-0.05, 0) is 12.8 Å². The number of ether oxygens (including phenoxy) is 1. The second kappa shape index (κ2) is 6.84. The van der Waals surface area contributed by atoms with Crippen molar-refractivity contribution in [2.24, 2.45) is 5.92 Å². The van der Waals surface area contributed by atoms with Crippen LogP contribution in [0.1, 0.15) is 25.7 Å². The number of aliphatic carboxylic acids is 2. The Morgan fingerprint density at radius 1 is 1.37 bits per heavy atom. The average Bonchev–Trinajstić information content (AvgIpc) is 2.75. The molecule has 0 saturated carbocycles. The van der Waals surface area contributed by atoms with E-state index in [1.807, 2.05) is 0 Å². The van der Waals surface area contributed by atoms with E-state index in [9.17, 15) is 19.4 Å². The molecule has 1 rings (SSSR count). The van der Waals surface area contributed by atoms with E-state index < -0.39 is 25.6 Å². The van der Waals surface area contributed by atoms with Crippen molar-refractivity contribution in [3.63, 3.8) is 0 Å². The Labute approximate surface area is 111 Å². The van der Waals surface area contributed by atoms with Crippen LogP contribution in [0.5, 0.6) is 0 Å². The minimum atomic E-state index is -3.52. The van der Waals surface area contributed by atoms with Gasteiger partial charge in [0.05, 0.1) is 12.5 Å². The number of hydrogen-bond donors (Lipinski definition) is 4. The SMILES string of the molecule is O=C(O)CCC(C[P+](O)(O)C=C1CCCO1)C(=O)O. The number of hydrogen-bond acceptors (Lipinski definition) is 5. The van der Waals surface area contributed by atoms with Crippen LogP contribution in [0.4, 0.5) is 0 Å². The maximum Gasteiger partial charge on any atom is 0.310 e. The van der Waals surface area contributed by atoms with Crippen LogP contribution >= 0.6 is 7.72 Å². The molecule has 0 aromatic rings. The summed E-state index contributed by atoms with van der Waals surface area (Å²) in [6.45, 7) is 0.521. The van der Waals surface area contributed by atoms with Crippen molar-refractivity contribution in [3.05, 3.63) is 11.6 Å². The first-order valence-corrected chi connectivity index (χ1v) is 7.87. The molecule has 0 aliphatic carbocycles. The molecule has 1 heterocycles. The van der Waals surface area contributed by atoms with Gasteiger partial charge in [-0.25, -0.2) is 9.79 Å². The maximum atomic E-state index is 11.0. The van der Waals surface area contributed by atoms with Crippen molar-refractivity contribution < 1.29 is 34.3 Å². The smallest absolute Gasteiger partial charge is 0.310 e. The van der Waals surface area contributed by atoms with Crippen molar-refractivity contribution in [2.75, 3.05) is 12.8 Å². The maximum absolute atomic E-state index is 11.0. The predicted octanol–water partition coefficient (Wildman–Crippen LogP) is 1.04. The second-order valence-electron chi connectivity index (χ2n) is 4.48. The highest BCUT2D eigenvalue weighted by molar-refractivity contribution is 7.67. The number of allylic oxidation sites excluding steroid dienone is 1. The fraction of sp³-hybridized carbons (Fsp3) is 0.636. The van der Waals surface area contributed by atoms with Gasteiger partial charge < -0.3 is 14.9 Å². The molecule has 7 nitrogen and oxygen atoms in total. The zero-order valence-electron chi connectivity index (χ0n) is 10.4. The van der Waals surface area contributed by atoms with E-state index in [2.05, 4.69) is 0 Å². The van der Waals surface area contributed by atoms with Crippen LogP contribution in [0.2, 0.25) is 0 Å². The first-order valence-electron chi connectivity index (χ1n) is 5.92. The molecular formula is C11H18O7P+. The van der Waals surface area contributed by atoms with Gasteiger partial charge in [-0.1, -0.05) is 0 Å². The molecule has 1 atom stereocenters. The van der Waals surface area contributed by atoms with E-state index in [0.717, 1.165) is 6.42 Å². The lowest BCUT2D eigenvalue weighted by molar-refractivity contribution is -0.142. The normalized spacial score (nSPS) is 19.2. The Balaban J connectivity index is 2.63. The van der Waals surface area contributed by atoms with Crippen molar-refractivity contribution in [1.82, 2.24) is 0 Å². The van der Waals surface area contributed by atoms with Gasteiger partial charge in [0, 0.05) is 12.8 Å². The standard InChI is InChI=1S/C11H17O7P/c12-10(13)4-3-8(11(14)15)6-19(16,17)7-9-2-1-5-18-9/h7-8,16-17H,1-6H2,(H-,12,13,14,15)/p+1. The molecule has 108 valence electrons. The molecule has 1 aliphatic rings. The third kappa shape index (κ3) is 6.00. The molecule has 4 N–H and O–H groups in total. The summed E-state index contributed by atoms with van der Waals surface area (Å²) in [7, 11) is -3.52. The fourth-order valence-electron chi connectivity index (χ4n) is 1.82. The number of carbonyl (C=O) groups is 2. The summed E-state index contributed by atoms with van der Waals surface area (Å²) in [5, 5.41) is 17.5. The number of carboxylic acids is 2. The molecule has 0 aromatic heterocycles. The minimum Gasteiger partial charge on any atom is -0.494 e. The number of carboxylic acid groups (broad SMARTS) is 2. The second-order valence-corrected chi connectivity index (χ2v) is 6.68. The van der Waals surface area contributed by atoms with Crippen molar-refractivity contribution >= 4 is 19.7 Å². The third-order valence-electron chi connectivity index (χ3n) is 2.75. The molecule has 0 amide bonds. The molecule has 1 aliphatic heterocycles. The van der Waals surface area contributed by atoms with Gasteiger partial charge >= 0.3 is 11.9 Å². The molecule has 0 bridgehead atoms. The first kappa shape index (κ1) is 15.9. The molecule has 1 fully saturated rings. The lowest BCUT2D eigenvalue weighted by Gasteiger charge is -2.14. The molecule has 19 heavy (non-hydrogen) atoms. The summed E-state index contributed by atoms with van der Waals surface area (Å²) >= 11 is 0. The van der Waals surface area contributed by atoms with Crippen LogP contribution in [0.3, 0.4) is 0 Å². The highest BCUT2D eigenvalue weighted by atomic mass is 31.2. The summed E-state index contributed by atoms with van der Waals surface area (Å²) in [5.74, 6) is -1.74. The third-order valence-corrected chi connectivity index (χ3v) is 4.43. The highest BCUT2D eigenvalue weighted by Crippen LogP contribution is 2.55. The molecule has 0 spiro atoms. The Morgan fingerprint density at radius 2 is 2.05 bits per heavy atom. The predicted molar refractivity (Wildman–Crippen MR) is 67.5 cm³/mol. The summed E-state index contributed by atoms with van der Waals surface area (Å²) in [4.78, 5) is 41.1. The number of rotatable bonds is 7. The van der Waals surface area contributed by atoms with Crippen molar-refractivity contribution in [2.45, 2.75) is 25.7 Å². The molecule has 0 aromatic carbocycles. The van der Waals surface area contributed by atoms with Gasteiger partial charge in [0.1, 0.15) is 11.9 Å². The van der Waals surface area contributed by atoms with Gasteiger partial charge in [-0.15, -0.1) is 0 Å². The van der Waals surface area contributed by atoms with Crippen LogP contribution in [-0.2, 0) is 14.3 Å². The van der Waals surface area contributed by atoms with Gasteiger partial charge in [-0.2, -0.15) is 0 Å². The topological polar surface area (TPSA) is 124 Å². The van der Waals surface area contributed by atoms with E-state index in [0.29, 0.717) is 18.8 Å².